The van der Waals surface area contributed by atoms with Gasteiger partial charge in [0, 0.05) is 31.7 Å². The second-order valence-corrected chi connectivity index (χ2v) is 10.6. The summed E-state index contributed by atoms with van der Waals surface area (Å²) < 4.78 is 6.07. The zero-order valence-electron chi connectivity index (χ0n) is 17.8. The minimum atomic E-state index is -0.0220. The van der Waals surface area contributed by atoms with E-state index in [1.807, 2.05) is 26.2 Å². The van der Waals surface area contributed by atoms with E-state index < -0.39 is 0 Å². The molecule has 30 heavy (non-hydrogen) atoms. The molecule has 1 N–H and O–H groups in total. The Kier molecular flexibility index (Phi) is 5.25. The van der Waals surface area contributed by atoms with Crippen molar-refractivity contribution in [2.75, 3.05) is 24.7 Å². The summed E-state index contributed by atoms with van der Waals surface area (Å²) >= 11 is 1.34. The minimum Gasteiger partial charge on any atom is -0.415 e. The van der Waals surface area contributed by atoms with Crippen molar-refractivity contribution in [3.8, 4) is 0 Å². The number of carbonyl (C=O) groups excluding carboxylic acids is 1. The normalized spacial score (nSPS) is 29.2. The molecule has 0 atom stereocenters. The summed E-state index contributed by atoms with van der Waals surface area (Å²) in [6.07, 6.45) is 7.81. The quantitative estimate of drug-likeness (QED) is 0.675. The first-order valence-electron chi connectivity index (χ1n) is 11.0. The minimum absolute atomic E-state index is 0.0220. The van der Waals surface area contributed by atoms with Gasteiger partial charge in [-0.3, -0.25) is 4.79 Å². The first kappa shape index (κ1) is 19.9. The van der Waals surface area contributed by atoms with Gasteiger partial charge in [-0.15, -0.1) is 10.2 Å². The summed E-state index contributed by atoms with van der Waals surface area (Å²) in [6, 6.07) is 8.19. The van der Waals surface area contributed by atoms with Gasteiger partial charge in [-0.1, -0.05) is 23.9 Å². The molecule has 7 heteroatoms. The molecule has 160 valence electrons. The van der Waals surface area contributed by atoms with E-state index in [9.17, 15) is 4.79 Å². The Hall–Kier alpha value is -2.02. The van der Waals surface area contributed by atoms with E-state index >= 15 is 0 Å². The van der Waals surface area contributed by atoms with Crippen molar-refractivity contribution < 1.29 is 9.21 Å². The van der Waals surface area contributed by atoms with Crippen molar-refractivity contribution in [3.63, 3.8) is 0 Å². The molecule has 4 fully saturated rings. The van der Waals surface area contributed by atoms with Crippen LogP contribution in [0.2, 0.25) is 0 Å². The fourth-order valence-corrected chi connectivity index (χ4v) is 6.74. The van der Waals surface area contributed by atoms with Gasteiger partial charge in [0.2, 0.25) is 11.8 Å². The predicted octanol–water partition coefficient (Wildman–Crippen LogP) is 4.01. The molecule has 4 saturated carbocycles. The van der Waals surface area contributed by atoms with E-state index in [-0.39, 0.29) is 17.1 Å². The van der Waals surface area contributed by atoms with E-state index in [1.165, 1.54) is 50.3 Å². The van der Waals surface area contributed by atoms with Crippen LogP contribution < -0.4 is 10.2 Å². The number of carbonyl (C=O) groups is 1. The number of hydrogen-bond donors (Lipinski definition) is 1. The number of thioether (sulfide) groups is 1. The van der Waals surface area contributed by atoms with Crippen molar-refractivity contribution in [3.05, 3.63) is 35.7 Å². The summed E-state index contributed by atoms with van der Waals surface area (Å²) in [5.74, 6) is 3.63. The van der Waals surface area contributed by atoms with Gasteiger partial charge in [0.1, 0.15) is 0 Å². The molecule has 0 spiro atoms. The first-order valence-corrected chi connectivity index (χ1v) is 12.0. The number of nitrogens with one attached hydrogen (secondary N) is 1. The van der Waals surface area contributed by atoms with Gasteiger partial charge in [-0.25, -0.2) is 0 Å². The fraction of sp³-hybridized carbons (Fsp3) is 0.609. The number of hydrogen-bond acceptors (Lipinski definition) is 6. The second-order valence-electron chi connectivity index (χ2n) is 9.70. The molecule has 1 amide bonds. The SMILES string of the molecule is CN(C)c1ccc(CNC(=O)CSc2nnc(C34CC5CC(CC(C5)C3)C4)o2)cc1. The Morgan fingerprint density at radius 3 is 2.33 bits per heavy atom. The highest BCUT2D eigenvalue weighted by molar-refractivity contribution is 7.99. The van der Waals surface area contributed by atoms with Crippen LogP contribution in [0.15, 0.2) is 33.9 Å². The van der Waals surface area contributed by atoms with Crippen LogP contribution in [0, 0.1) is 17.8 Å². The molecular formula is C23H30N4O2S. The number of aromatic nitrogens is 2. The Morgan fingerprint density at radius 1 is 1.10 bits per heavy atom. The van der Waals surface area contributed by atoms with Crippen LogP contribution in [0.4, 0.5) is 5.69 Å². The molecule has 6 rings (SSSR count). The summed E-state index contributed by atoms with van der Waals surface area (Å²) in [6.45, 7) is 0.523. The van der Waals surface area contributed by atoms with Crippen LogP contribution in [-0.2, 0) is 16.8 Å². The molecule has 6 nitrogen and oxygen atoms in total. The van der Waals surface area contributed by atoms with Gasteiger partial charge in [0.05, 0.1) is 5.75 Å². The molecular weight excluding hydrogens is 396 g/mol. The fourth-order valence-electron chi connectivity index (χ4n) is 6.15. The standard InChI is InChI=1S/C23H30N4O2S/c1-27(2)19-5-3-15(4-6-19)13-24-20(28)14-30-22-26-25-21(29-22)23-10-16-7-17(11-23)9-18(8-16)12-23/h3-6,16-18H,7-14H2,1-2H3,(H,24,28). The van der Waals surface area contributed by atoms with Crippen molar-refractivity contribution >= 4 is 23.4 Å². The molecule has 2 aromatic rings. The topological polar surface area (TPSA) is 71.3 Å². The van der Waals surface area contributed by atoms with Crippen LogP contribution >= 0.6 is 11.8 Å². The molecule has 1 heterocycles. The van der Waals surface area contributed by atoms with Gasteiger partial charge in [-0.2, -0.15) is 0 Å². The van der Waals surface area contributed by atoms with Crippen LogP contribution in [0.3, 0.4) is 0 Å². The lowest BCUT2D eigenvalue weighted by Crippen LogP contribution is -2.48. The lowest BCUT2D eigenvalue weighted by atomic mass is 9.49. The van der Waals surface area contributed by atoms with Crippen LogP contribution in [0.5, 0.6) is 0 Å². The van der Waals surface area contributed by atoms with Gasteiger partial charge >= 0.3 is 0 Å². The van der Waals surface area contributed by atoms with Crippen LogP contribution in [0.25, 0.3) is 0 Å². The molecule has 0 saturated heterocycles. The zero-order valence-corrected chi connectivity index (χ0v) is 18.6. The second kappa shape index (κ2) is 7.91. The number of rotatable bonds is 7. The van der Waals surface area contributed by atoms with E-state index in [2.05, 4.69) is 32.5 Å². The first-order chi connectivity index (χ1) is 14.5. The van der Waals surface area contributed by atoms with Gasteiger partial charge in [0.25, 0.3) is 5.22 Å². The summed E-state index contributed by atoms with van der Waals surface area (Å²) in [7, 11) is 4.03. The lowest BCUT2D eigenvalue weighted by molar-refractivity contribution is -0.118. The molecule has 0 unspecified atom stereocenters. The van der Waals surface area contributed by atoms with Crippen LogP contribution in [-0.4, -0.2) is 36.0 Å². The van der Waals surface area contributed by atoms with Crippen LogP contribution in [0.1, 0.15) is 50.0 Å². The third-order valence-corrected chi connectivity index (χ3v) is 7.99. The highest BCUT2D eigenvalue weighted by Crippen LogP contribution is 2.60. The maximum absolute atomic E-state index is 12.3. The van der Waals surface area contributed by atoms with Crippen molar-refractivity contribution in [2.24, 2.45) is 17.8 Å². The molecule has 1 aromatic carbocycles. The summed E-state index contributed by atoms with van der Waals surface area (Å²) in [4.78, 5) is 14.3. The molecule has 4 aliphatic carbocycles. The van der Waals surface area contributed by atoms with Crippen molar-refractivity contribution in [2.45, 2.75) is 55.7 Å². The summed E-state index contributed by atoms with van der Waals surface area (Å²) in [5.41, 5.74) is 2.34. The van der Waals surface area contributed by atoms with Gasteiger partial charge < -0.3 is 14.6 Å². The average Bonchev–Trinajstić information content (AvgIpc) is 3.20. The Labute approximate surface area is 182 Å². The predicted molar refractivity (Wildman–Crippen MR) is 117 cm³/mol. The van der Waals surface area contributed by atoms with E-state index in [0.717, 1.165) is 34.9 Å². The Morgan fingerprint density at radius 2 is 1.73 bits per heavy atom. The third kappa shape index (κ3) is 3.96. The Bertz CT molecular complexity index is 873. The highest BCUT2D eigenvalue weighted by atomic mass is 32.2. The summed E-state index contributed by atoms with van der Waals surface area (Å²) in [5, 5.41) is 12.2. The van der Waals surface area contributed by atoms with Crippen molar-refractivity contribution in [1.29, 1.82) is 0 Å². The lowest BCUT2D eigenvalue weighted by Gasteiger charge is -2.55. The average molecular weight is 427 g/mol. The van der Waals surface area contributed by atoms with Crippen molar-refractivity contribution in [1.82, 2.24) is 15.5 Å². The Balaban J connectivity index is 1.13. The molecule has 0 radical (unpaired) electrons. The number of benzene rings is 1. The van der Waals surface area contributed by atoms with Gasteiger partial charge in [0.15, 0.2) is 0 Å². The van der Waals surface area contributed by atoms with E-state index in [4.69, 9.17) is 4.42 Å². The number of amides is 1. The smallest absolute Gasteiger partial charge is 0.277 e. The third-order valence-electron chi connectivity index (χ3n) is 7.17. The molecule has 1 aromatic heterocycles. The van der Waals surface area contributed by atoms with Gasteiger partial charge in [-0.05, 0) is 74.0 Å². The molecule has 4 aliphatic rings. The molecule has 4 bridgehead atoms. The van der Waals surface area contributed by atoms with E-state index in [1.54, 1.807) is 0 Å². The molecule has 0 aliphatic heterocycles. The highest BCUT2D eigenvalue weighted by Gasteiger charge is 2.54. The monoisotopic (exact) mass is 426 g/mol. The largest absolute Gasteiger partial charge is 0.415 e. The van der Waals surface area contributed by atoms with E-state index in [0.29, 0.717) is 11.8 Å². The maximum Gasteiger partial charge on any atom is 0.277 e. The zero-order chi connectivity index (χ0) is 20.7. The maximum atomic E-state index is 12.3. The number of nitrogens with zero attached hydrogens (tertiary/aromatic N) is 3. The number of anilines is 1.